The molecule has 0 bridgehead atoms. The normalized spacial score (nSPS) is 10.5. The molecule has 0 unspecified atom stereocenters. The molecule has 0 spiro atoms. The van der Waals surface area contributed by atoms with Crippen molar-refractivity contribution in [1.82, 2.24) is 4.98 Å². The lowest BCUT2D eigenvalue weighted by Crippen LogP contribution is -2.00. The molecular weight excluding hydrogens is 406 g/mol. The topological polar surface area (TPSA) is 30.0 Å². The SMILES string of the molecule is O=Cc1nc(I)c(C(F)F)cc1I. The van der Waals surface area contributed by atoms with E-state index < -0.39 is 6.43 Å². The molecule has 1 heterocycles. The molecule has 0 N–H and O–H groups in total. The lowest BCUT2D eigenvalue weighted by atomic mass is 10.2. The first kappa shape index (κ1) is 11.2. The summed E-state index contributed by atoms with van der Waals surface area (Å²) in [6.45, 7) is 0. The maximum atomic E-state index is 12.3. The second-order valence-electron chi connectivity index (χ2n) is 2.15. The van der Waals surface area contributed by atoms with Gasteiger partial charge in [0.25, 0.3) is 6.43 Å². The van der Waals surface area contributed by atoms with E-state index in [-0.39, 0.29) is 15.0 Å². The summed E-state index contributed by atoms with van der Waals surface area (Å²) < 4.78 is 25.2. The van der Waals surface area contributed by atoms with E-state index >= 15 is 0 Å². The van der Waals surface area contributed by atoms with Crippen LogP contribution in [0.4, 0.5) is 8.78 Å². The van der Waals surface area contributed by atoms with Crippen LogP contribution in [0.3, 0.4) is 0 Å². The number of hydrogen-bond donors (Lipinski definition) is 0. The highest BCUT2D eigenvalue weighted by atomic mass is 127. The number of halogens is 4. The van der Waals surface area contributed by atoms with Crippen LogP contribution in [-0.4, -0.2) is 11.3 Å². The zero-order valence-electron chi connectivity index (χ0n) is 6.10. The molecule has 1 aromatic heterocycles. The third-order valence-corrected chi connectivity index (χ3v) is 3.06. The van der Waals surface area contributed by atoms with E-state index in [1.807, 2.05) is 0 Å². The highest BCUT2D eigenvalue weighted by Crippen LogP contribution is 2.25. The molecule has 0 amide bonds. The molecule has 70 valence electrons. The summed E-state index contributed by atoms with van der Waals surface area (Å²) in [4.78, 5) is 14.1. The largest absolute Gasteiger partial charge is 0.296 e. The van der Waals surface area contributed by atoms with E-state index in [1.165, 1.54) is 6.07 Å². The van der Waals surface area contributed by atoms with Crippen molar-refractivity contribution in [3.8, 4) is 0 Å². The average Bonchev–Trinajstić information content (AvgIpc) is 2.07. The molecule has 0 fully saturated rings. The van der Waals surface area contributed by atoms with Gasteiger partial charge in [-0.3, -0.25) is 4.79 Å². The van der Waals surface area contributed by atoms with Crippen molar-refractivity contribution >= 4 is 51.5 Å². The summed E-state index contributed by atoms with van der Waals surface area (Å²) in [5, 5.41) is 0. The monoisotopic (exact) mass is 409 g/mol. The van der Waals surface area contributed by atoms with Gasteiger partial charge in [0.15, 0.2) is 6.29 Å². The Kier molecular flexibility index (Phi) is 3.95. The van der Waals surface area contributed by atoms with Crippen molar-refractivity contribution < 1.29 is 13.6 Å². The lowest BCUT2D eigenvalue weighted by Gasteiger charge is -2.04. The van der Waals surface area contributed by atoms with Crippen LogP contribution >= 0.6 is 45.2 Å². The first-order chi connectivity index (χ1) is 6.06. The Hall–Kier alpha value is 0.140. The summed E-state index contributed by atoms with van der Waals surface area (Å²) in [7, 11) is 0. The Bertz CT molecular complexity index is 344. The van der Waals surface area contributed by atoms with Crippen molar-refractivity contribution in [2.45, 2.75) is 6.43 Å². The summed E-state index contributed by atoms with van der Waals surface area (Å²) in [5.74, 6) is 0. The van der Waals surface area contributed by atoms with Crippen LogP contribution < -0.4 is 0 Å². The zero-order valence-corrected chi connectivity index (χ0v) is 10.4. The van der Waals surface area contributed by atoms with E-state index in [9.17, 15) is 13.6 Å². The summed E-state index contributed by atoms with van der Waals surface area (Å²) in [5.41, 5.74) is 0.0741. The van der Waals surface area contributed by atoms with Gasteiger partial charge in [-0.1, -0.05) is 0 Å². The van der Waals surface area contributed by atoms with E-state index in [2.05, 4.69) is 4.98 Å². The highest BCUT2D eigenvalue weighted by Gasteiger charge is 2.15. The molecule has 0 aliphatic carbocycles. The van der Waals surface area contributed by atoms with Crippen molar-refractivity contribution in [2.75, 3.05) is 0 Å². The van der Waals surface area contributed by atoms with Gasteiger partial charge in [0.2, 0.25) is 0 Å². The second-order valence-corrected chi connectivity index (χ2v) is 4.34. The van der Waals surface area contributed by atoms with Gasteiger partial charge in [0, 0.05) is 3.57 Å². The van der Waals surface area contributed by atoms with E-state index in [0.29, 0.717) is 9.86 Å². The molecule has 0 saturated carbocycles. The first-order valence-corrected chi connectivity index (χ1v) is 5.31. The molecule has 0 atom stereocenters. The third-order valence-electron chi connectivity index (χ3n) is 1.33. The van der Waals surface area contributed by atoms with Crippen LogP contribution in [-0.2, 0) is 0 Å². The molecule has 6 heteroatoms. The number of carbonyl (C=O) groups is 1. The van der Waals surface area contributed by atoms with Gasteiger partial charge in [-0.05, 0) is 51.2 Å². The first-order valence-electron chi connectivity index (χ1n) is 3.15. The van der Waals surface area contributed by atoms with Gasteiger partial charge in [-0.25, -0.2) is 13.8 Å². The maximum Gasteiger partial charge on any atom is 0.266 e. The van der Waals surface area contributed by atoms with E-state index in [0.717, 1.165) is 0 Å². The number of carbonyl (C=O) groups excluding carboxylic acids is 1. The number of aldehydes is 1. The van der Waals surface area contributed by atoms with E-state index in [1.54, 1.807) is 45.2 Å². The van der Waals surface area contributed by atoms with Gasteiger partial charge in [-0.15, -0.1) is 0 Å². The van der Waals surface area contributed by atoms with Crippen LogP contribution in [0.1, 0.15) is 22.5 Å². The molecule has 0 aromatic carbocycles. The fraction of sp³-hybridized carbons (Fsp3) is 0.143. The fourth-order valence-electron chi connectivity index (χ4n) is 0.729. The minimum atomic E-state index is -2.55. The number of rotatable bonds is 2. The van der Waals surface area contributed by atoms with Crippen LogP contribution in [0.2, 0.25) is 0 Å². The molecule has 0 aliphatic heterocycles. The summed E-state index contributed by atoms with van der Waals surface area (Å²) in [6, 6.07) is 1.28. The highest BCUT2D eigenvalue weighted by molar-refractivity contribution is 14.1. The van der Waals surface area contributed by atoms with Crippen LogP contribution in [0, 0.1) is 7.27 Å². The predicted molar refractivity (Wildman–Crippen MR) is 60.0 cm³/mol. The number of aromatic nitrogens is 1. The lowest BCUT2D eigenvalue weighted by molar-refractivity contribution is 0.111. The van der Waals surface area contributed by atoms with Crippen molar-refractivity contribution in [1.29, 1.82) is 0 Å². The Morgan fingerprint density at radius 1 is 1.46 bits per heavy atom. The number of hydrogen-bond acceptors (Lipinski definition) is 2. The van der Waals surface area contributed by atoms with Gasteiger partial charge in [0.05, 0.1) is 5.56 Å². The van der Waals surface area contributed by atoms with Crippen molar-refractivity contribution in [3.05, 3.63) is 24.6 Å². The molecular formula is C7H3F2I2NO. The van der Waals surface area contributed by atoms with Gasteiger partial charge < -0.3 is 0 Å². The smallest absolute Gasteiger partial charge is 0.266 e. The molecule has 0 saturated heterocycles. The van der Waals surface area contributed by atoms with Crippen LogP contribution in [0.25, 0.3) is 0 Å². The maximum absolute atomic E-state index is 12.3. The molecule has 1 aromatic rings. The number of pyridine rings is 1. The van der Waals surface area contributed by atoms with Crippen molar-refractivity contribution in [3.63, 3.8) is 0 Å². The van der Waals surface area contributed by atoms with Gasteiger partial charge in [0.1, 0.15) is 9.39 Å². The summed E-state index contributed by atoms with van der Waals surface area (Å²) >= 11 is 3.49. The number of alkyl halides is 2. The Morgan fingerprint density at radius 2 is 2.08 bits per heavy atom. The predicted octanol–water partition coefficient (Wildman–Crippen LogP) is 3.04. The minimum Gasteiger partial charge on any atom is -0.296 e. The fourth-order valence-corrected chi connectivity index (χ4v) is 1.96. The molecule has 0 radical (unpaired) electrons. The van der Waals surface area contributed by atoms with Crippen LogP contribution in [0.15, 0.2) is 6.07 Å². The third kappa shape index (κ3) is 2.55. The quantitative estimate of drug-likeness (QED) is 0.427. The molecule has 13 heavy (non-hydrogen) atoms. The Labute approximate surface area is 100 Å². The van der Waals surface area contributed by atoms with Crippen molar-refractivity contribution in [2.24, 2.45) is 0 Å². The molecule has 2 nitrogen and oxygen atoms in total. The average molecular weight is 409 g/mol. The summed E-state index contributed by atoms with van der Waals surface area (Å²) in [6.07, 6.45) is -1.99. The Morgan fingerprint density at radius 3 is 2.54 bits per heavy atom. The van der Waals surface area contributed by atoms with E-state index in [4.69, 9.17) is 0 Å². The Balaban J connectivity index is 3.28. The molecule has 0 aliphatic rings. The van der Waals surface area contributed by atoms with Gasteiger partial charge >= 0.3 is 0 Å². The minimum absolute atomic E-state index is 0.129. The number of nitrogens with zero attached hydrogens (tertiary/aromatic N) is 1. The van der Waals surface area contributed by atoms with Crippen LogP contribution in [0.5, 0.6) is 0 Å². The zero-order chi connectivity index (χ0) is 10.0. The van der Waals surface area contributed by atoms with Gasteiger partial charge in [-0.2, -0.15) is 0 Å². The molecule has 1 rings (SSSR count). The standard InChI is InChI=1S/C7H3F2I2NO/c8-6(9)3-1-4(10)5(2-13)12-7(3)11/h1-2,6H. The second kappa shape index (κ2) is 4.58.